The summed E-state index contributed by atoms with van der Waals surface area (Å²) in [5, 5.41) is 16.5. The number of carbonyl (C=O) groups excluding carboxylic acids is 2. The van der Waals surface area contributed by atoms with E-state index >= 15 is 0 Å². The Morgan fingerprint density at radius 1 is 0.967 bits per heavy atom. The molecule has 30 heavy (non-hydrogen) atoms. The van der Waals surface area contributed by atoms with Crippen molar-refractivity contribution < 1.29 is 14.5 Å². The molecule has 148 valence electrons. The Kier molecular flexibility index (Phi) is 5.04. The number of nitro benzene ring substituents is 1. The van der Waals surface area contributed by atoms with Crippen LogP contribution in [0.15, 0.2) is 83.9 Å². The van der Waals surface area contributed by atoms with Gasteiger partial charge >= 0.3 is 0 Å². The molecular weight excluding hydrogens is 384 g/mol. The standard InChI is InChI=1S/C22H16N4O4/c27-21(16-11-5-7-13-18(16)26(29)30)25-20-22(28)23-17-12-6-4-10-15(17)19(24-20)14-8-2-1-3-9-14/h1-13,20H,(H,23,28)(H,25,27). The van der Waals surface area contributed by atoms with Gasteiger partial charge in [0.05, 0.1) is 16.3 Å². The predicted octanol–water partition coefficient (Wildman–Crippen LogP) is 3.14. The topological polar surface area (TPSA) is 114 Å². The van der Waals surface area contributed by atoms with Crippen molar-refractivity contribution in [3.8, 4) is 0 Å². The number of hydrogen-bond acceptors (Lipinski definition) is 5. The van der Waals surface area contributed by atoms with Crippen LogP contribution in [-0.2, 0) is 4.79 Å². The number of nitrogens with zero attached hydrogens (tertiary/aromatic N) is 2. The van der Waals surface area contributed by atoms with Crippen LogP contribution < -0.4 is 10.6 Å². The van der Waals surface area contributed by atoms with Crippen LogP contribution in [0.25, 0.3) is 0 Å². The van der Waals surface area contributed by atoms with E-state index in [4.69, 9.17) is 0 Å². The number of amides is 2. The summed E-state index contributed by atoms with van der Waals surface area (Å²) in [6.45, 7) is 0. The van der Waals surface area contributed by atoms with Gasteiger partial charge in [0.15, 0.2) is 0 Å². The molecule has 0 radical (unpaired) electrons. The van der Waals surface area contributed by atoms with E-state index in [-0.39, 0.29) is 11.3 Å². The number of para-hydroxylation sites is 2. The monoisotopic (exact) mass is 400 g/mol. The van der Waals surface area contributed by atoms with Crippen molar-refractivity contribution in [2.45, 2.75) is 6.17 Å². The van der Waals surface area contributed by atoms with Crippen molar-refractivity contribution in [3.05, 3.63) is 106 Å². The summed E-state index contributed by atoms with van der Waals surface area (Å²) in [5.41, 5.74) is 2.07. The number of nitrogens with one attached hydrogen (secondary N) is 2. The van der Waals surface area contributed by atoms with Gasteiger partial charge in [0.2, 0.25) is 6.17 Å². The first-order valence-corrected chi connectivity index (χ1v) is 9.12. The first-order valence-electron chi connectivity index (χ1n) is 9.12. The fourth-order valence-electron chi connectivity index (χ4n) is 3.21. The Morgan fingerprint density at radius 3 is 2.40 bits per heavy atom. The van der Waals surface area contributed by atoms with Gasteiger partial charge in [-0.2, -0.15) is 0 Å². The molecule has 1 heterocycles. The second-order valence-electron chi connectivity index (χ2n) is 6.53. The molecule has 3 aromatic carbocycles. The minimum absolute atomic E-state index is 0.145. The third kappa shape index (κ3) is 3.66. The van der Waals surface area contributed by atoms with Gasteiger partial charge in [-0.15, -0.1) is 0 Å². The van der Waals surface area contributed by atoms with E-state index in [9.17, 15) is 19.7 Å². The maximum absolute atomic E-state index is 12.8. The zero-order chi connectivity index (χ0) is 21.1. The molecule has 8 nitrogen and oxygen atoms in total. The lowest BCUT2D eigenvalue weighted by atomic mass is 10.0. The molecule has 0 bridgehead atoms. The highest BCUT2D eigenvalue weighted by Crippen LogP contribution is 2.24. The zero-order valence-corrected chi connectivity index (χ0v) is 15.6. The van der Waals surface area contributed by atoms with Gasteiger partial charge in [0.25, 0.3) is 17.5 Å². The molecule has 4 rings (SSSR count). The molecule has 3 aromatic rings. The zero-order valence-electron chi connectivity index (χ0n) is 15.6. The first-order chi connectivity index (χ1) is 14.5. The van der Waals surface area contributed by atoms with Gasteiger partial charge in [-0.1, -0.05) is 60.7 Å². The maximum Gasteiger partial charge on any atom is 0.282 e. The number of benzodiazepines with no additional fused rings is 1. The Bertz CT molecular complexity index is 1170. The number of fused-ring (bicyclic) bond motifs is 1. The molecule has 0 aliphatic carbocycles. The molecular formula is C22H16N4O4. The number of aliphatic imine (C=N–C) groups is 1. The van der Waals surface area contributed by atoms with Crippen LogP contribution in [0.3, 0.4) is 0 Å². The lowest BCUT2D eigenvalue weighted by Crippen LogP contribution is -2.42. The Hall–Kier alpha value is -4.33. The summed E-state index contributed by atoms with van der Waals surface area (Å²) in [6, 6.07) is 22.0. The fraction of sp³-hybridized carbons (Fsp3) is 0.0455. The van der Waals surface area contributed by atoms with E-state index in [2.05, 4.69) is 15.6 Å². The minimum Gasteiger partial charge on any atom is -0.322 e. The number of hydrogen-bond donors (Lipinski definition) is 2. The average molecular weight is 400 g/mol. The van der Waals surface area contributed by atoms with Crippen molar-refractivity contribution in [1.82, 2.24) is 5.32 Å². The summed E-state index contributed by atoms with van der Waals surface area (Å²) in [6.07, 6.45) is -1.26. The second-order valence-corrected chi connectivity index (χ2v) is 6.53. The summed E-state index contributed by atoms with van der Waals surface area (Å²) < 4.78 is 0. The van der Waals surface area contributed by atoms with Crippen LogP contribution in [0.1, 0.15) is 21.5 Å². The van der Waals surface area contributed by atoms with Gasteiger partial charge in [0, 0.05) is 17.2 Å². The summed E-state index contributed by atoms with van der Waals surface area (Å²) in [5.74, 6) is -1.30. The third-order valence-electron chi connectivity index (χ3n) is 4.61. The molecule has 0 spiro atoms. The van der Waals surface area contributed by atoms with Crippen LogP contribution in [0.2, 0.25) is 0 Å². The highest BCUT2D eigenvalue weighted by atomic mass is 16.6. The highest BCUT2D eigenvalue weighted by molar-refractivity contribution is 6.20. The van der Waals surface area contributed by atoms with Crippen LogP contribution >= 0.6 is 0 Å². The largest absolute Gasteiger partial charge is 0.322 e. The molecule has 0 fully saturated rings. The lowest BCUT2D eigenvalue weighted by molar-refractivity contribution is -0.385. The van der Waals surface area contributed by atoms with Crippen molar-refractivity contribution in [2.75, 3.05) is 5.32 Å². The summed E-state index contributed by atoms with van der Waals surface area (Å²) >= 11 is 0. The normalized spacial score (nSPS) is 15.3. The van der Waals surface area contributed by atoms with Crippen LogP contribution in [0.5, 0.6) is 0 Å². The van der Waals surface area contributed by atoms with Crippen molar-refractivity contribution >= 4 is 28.9 Å². The van der Waals surface area contributed by atoms with Gasteiger partial charge in [-0.25, -0.2) is 4.99 Å². The summed E-state index contributed by atoms with van der Waals surface area (Å²) in [4.78, 5) is 40.6. The van der Waals surface area contributed by atoms with E-state index in [1.807, 2.05) is 42.5 Å². The molecule has 1 aliphatic heterocycles. The van der Waals surface area contributed by atoms with Crippen molar-refractivity contribution in [1.29, 1.82) is 0 Å². The number of anilines is 1. The molecule has 1 aliphatic rings. The van der Waals surface area contributed by atoms with Gasteiger partial charge in [0.1, 0.15) is 5.56 Å². The van der Waals surface area contributed by atoms with Crippen LogP contribution in [0, 0.1) is 10.1 Å². The molecule has 2 N–H and O–H groups in total. The smallest absolute Gasteiger partial charge is 0.282 e. The maximum atomic E-state index is 12.8. The number of benzene rings is 3. The molecule has 1 unspecified atom stereocenters. The molecule has 1 atom stereocenters. The van der Waals surface area contributed by atoms with Crippen molar-refractivity contribution in [3.63, 3.8) is 0 Å². The molecule has 8 heteroatoms. The minimum atomic E-state index is -1.26. The van der Waals surface area contributed by atoms with Gasteiger partial charge in [-0.05, 0) is 12.1 Å². The number of nitro groups is 1. The molecule has 2 amide bonds. The van der Waals surface area contributed by atoms with E-state index in [1.54, 1.807) is 12.1 Å². The van der Waals surface area contributed by atoms with E-state index in [0.29, 0.717) is 17.0 Å². The van der Waals surface area contributed by atoms with E-state index < -0.39 is 22.9 Å². The number of rotatable bonds is 4. The number of carbonyl (C=O) groups is 2. The SMILES string of the molecule is O=C(NC1N=C(c2ccccc2)c2ccccc2NC1=O)c1ccccc1[N+](=O)[O-]. The van der Waals surface area contributed by atoms with Gasteiger partial charge < -0.3 is 10.6 Å². The Morgan fingerprint density at radius 2 is 1.63 bits per heavy atom. The molecule has 0 saturated heterocycles. The van der Waals surface area contributed by atoms with E-state index in [1.165, 1.54) is 24.3 Å². The first kappa shape index (κ1) is 19.0. The lowest BCUT2D eigenvalue weighted by Gasteiger charge is -2.13. The summed E-state index contributed by atoms with van der Waals surface area (Å²) in [7, 11) is 0. The Balaban J connectivity index is 1.75. The Labute approximate surface area is 171 Å². The highest BCUT2D eigenvalue weighted by Gasteiger charge is 2.29. The quantitative estimate of drug-likeness (QED) is 0.517. The average Bonchev–Trinajstić information content (AvgIpc) is 2.90. The predicted molar refractivity (Wildman–Crippen MR) is 112 cm³/mol. The van der Waals surface area contributed by atoms with Gasteiger partial charge in [-0.3, -0.25) is 19.7 Å². The third-order valence-corrected chi connectivity index (χ3v) is 4.61. The van der Waals surface area contributed by atoms with Crippen molar-refractivity contribution in [2.24, 2.45) is 4.99 Å². The van der Waals surface area contributed by atoms with Crippen LogP contribution in [-0.4, -0.2) is 28.6 Å². The second kappa shape index (κ2) is 7.96. The van der Waals surface area contributed by atoms with E-state index in [0.717, 1.165) is 5.56 Å². The fourth-order valence-corrected chi connectivity index (χ4v) is 3.21. The van der Waals surface area contributed by atoms with Crippen LogP contribution in [0.4, 0.5) is 11.4 Å². The molecule has 0 aromatic heterocycles. The molecule has 0 saturated carbocycles.